The minimum Gasteiger partial charge on any atom is -0.495 e. The van der Waals surface area contributed by atoms with Crippen molar-refractivity contribution in [2.24, 2.45) is 0 Å². The van der Waals surface area contributed by atoms with Crippen molar-refractivity contribution in [3.05, 3.63) is 23.2 Å². The summed E-state index contributed by atoms with van der Waals surface area (Å²) in [4.78, 5) is 25.9. The van der Waals surface area contributed by atoms with Crippen LogP contribution in [0.5, 0.6) is 5.75 Å². The van der Waals surface area contributed by atoms with Gasteiger partial charge in [-0.25, -0.2) is 8.42 Å². The van der Waals surface area contributed by atoms with Gasteiger partial charge in [0.15, 0.2) is 9.84 Å². The summed E-state index contributed by atoms with van der Waals surface area (Å²) < 4.78 is 28.2. The summed E-state index contributed by atoms with van der Waals surface area (Å²) in [7, 11) is -1.61. The highest BCUT2D eigenvalue weighted by Crippen LogP contribution is 2.27. The van der Waals surface area contributed by atoms with Crippen molar-refractivity contribution in [1.29, 1.82) is 0 Å². The van der Waals surface area contributed by atoms with Crippen LogP contribution < -0.4 is 10.1 Å². The van der Waals surface area contributed by atoms with Gasteiger partial charge >= 0.3 is 0 Å². The molecule has 1 aromatic rings. The van der Waals surface area contributed by atoms with E-state index in [2.05, 4.69) is 5.32 Å². The van der Waals surface area contributed by atoms with Gasteiger partial charge in [-0.15, -0.1) is 0 Å². The van der Waals surface area contributed by atoms with E-state index in [-0.39, 0.29) is 29.9 Å². The van der Waals surface area contributed by atoms with Gasteiger partial charge in [0, 0.05) is 18.3 Å². The standard InChI is InChI=1S/C16H21ClN2O5S/c1-3-19(12-6-7-25(22,23)10-12)16(21)9-15(20)18-11-4-5-14(24-2)13(17)8-11/h4-5,8,12H,3,6-7,9-10H2,1-2H3,(H,18,20). The Morgan fingerprint density at radius 1 is 1.40 bits per heavy atom. The first-order chi connectivity index (χ1) is 11.8. The zero-order chi connectivity index (χ0) is 18.6. The molecule has 7 nitrogen and oxygen atoms in total. The number of methoxy groups -OCH3 is 1. The average Bonchev–Trinajstić information content (AvgIpc) is 2.87. The molecule has 1 heterocycles. The average molecular weight is 389 g/mol. The van der Waals surface area contributed by atoms with Crippen LogP contribution in [0.4, 0.5) is 5.69 Å². The van der Waals surface area contributed by atoms with E-state index in [9.17, 15) is 18.0 Å². The molecule has 1 saturated heterocycles. The number of amides is 2. The highest BCUT2D eigenvalue weighted by atomic mass is 35.5. The molecule has 0 radical (unpaired) electrons. The van der Waals surface area contributed by atoms with Gasteiger partial charge in [-0.05, 0) is 31.5 Å². The first kappa shape index (κ1) is 19.5. The predicted octanol–water partition coefficient (Wildman–Crippen LogP) is 1.71. The van der Waals surface area contributed by atoms with Crippen molar-refractivity contribution < 1.29 is 22.7 Å². The zero-order valence-corrected chi connectivity index (χ0v) is 15.7. The number of sulfone groups is 1. The van der Waals surface area contributed by atoms with Gasteiger partial charge in [0.25, 0.3) is 0 Å². The van der Waals surface area contributed by atoms with Crippen molar-refractivity contribution in [3.63, 3.8) is 0 Å². The lowest BCUT2D eigenvalue weighted by Crippen LogP contribution is -2.42. The van der Waals surface area contributed by atoms with E-state index < -0.39 is 15.7 Å². The van der Waals surface area contributed by atoms with E-state index in [1.807, 2.05) is 0 Å². The first-order valence-electron chi connectivity index (χ1n) is 7.89. The molecule has 25 heavy (non-hydrogen) atoms. The van der Waals surface area contributed by atoms with E-state index >= 15 is 0 Å². The molecule has 1 aliphatic heterocycles. The molecular formula is C16H21ClN2O5S. The third kappa shape index (κ3) is 5.09. The summed E-state index contributed by atoms with van der Waals surface area (Å²) in [5, 5.41) is 2.95. The highest BCUT2D eigenvalue weighted by molar-refractivity contribution is 7.91. The van der Waals surface area contributed by atoms with Crippen molar-refractivity contribution >= 4 is 38.9 Å². The summed E-state index contributed by atoms with van der Waals surface area (Å²) in [6.07, 6.45) is 0.0612. The summed E-state index contributed by atoms with van der Waals surface area (Å²) in [6, 6.07) is 4.41. The summed E-state index contributed by atoms with van der Waals surface area (Å²) in [5.41, 5.74) is 0.454. The van der Waals surface area contributed by atoms with Crippen LogP contribution in [-0.2, 0) is 19.4 Å². The number of halogens is 1. The molecule has 1 aliphatic rings. The van der Waals surface area contributed by atoms with Gasteiger partial charge in [0.05, 0.1) is 23.6 Å². The normalized spacial score (nSPS) is 18.6. The van der Waals surface area contributed by atoms with Gasteiger partial charge in [-0.3, -0.25) is 9.59 Å². The number of carbonyl (C=O) groups excluding carboxylic acids is 2. The highest BCUT2D eigenvalue weighted by Gasteiger charge is 2.34. The molecule has 1 N–H and O–H groups in total. The number of hydrogen-bond acceptors (Lipinski definition) is 5. The van der Waals surface area contributed by atoms with Crippen LogP contribution in [0.25, 0.3) is 0 Å². The number of nitrogens with one attached hydrogen (secondary N) is 1. The molecule has 0 spiro atoms. The van der Waals surface area contributed by atoms with Crippen LogP contribution in [0.15, 0.2) is 18.2 Å². The number of ether oxygens (including phenoxy) is 1. The second kappa shape index (κ2) is 8.05. The lowest BCUT2D eigenvalue weighted by molar-refractivity contribution is -0.135. The number of nitrogens with zero attached hydrogens (tertiary/aromatic N) is 1. The Kier molecular flexibility index (Phi) is 6.29. The Hall–Kier alpha value is -1.80. The molecule has 2 amide bonds. The van der Waals surface area contributed by atoms with E-state index in [0.29, 0.717) is 29.4 Å². The minimum atomic E-state index is -3.09. The number of benzene rings is 1. The molecule has 1 atom stereocenters. The third-order valence-electron chi connectivity index (χ3n) is 4.06. The Labute approximate surface area is 152 Å². The van der Waals surface area contributed by atoms with Crippen molar-refractivity contribution in [1.82, 2.24) is 4.90 Å². The first-order valence-corrected chi connectivity index (χ1v) is 10.1. The molecule has 0 aliphatic carbocycles. The Morgan fingerprint density at radius 3 is 2.64 bits per heavy atom. The Morgan fingerprint density at radius 2 is 2.12 bits per heavy atom. The molecule has 1 fully saturated rings. The van der Waals surface area contributed by atoms with Crippen LogP contribution in [0.2, 0.25) is 5.02 Å². The Bertz CT molecular complexity index is 766. The van der Waals surface area contributed by atoms with E-state index in [4.69, 9.17) is 16.3 Å². The maximum absolute atomic E-state index is 12.4. The summed E-state index contributed by atoms with van der Waals surface area (Å²) >= 11 is 6.00. The maximum atomic E-state index is 12.4. The van der Waals surface area contributed by atoms with Crippen LogP contribution in [0.1, 0.15) is 19.8 Å². The van der Waals surface area contributed by atoms with Gasteiger partial charge in [0.2, 0.25) is 11.8 Å². The number of rotatable bonds is 6. The van der Waals surface area contributed by atoms with E-state index in [1.165, 1.54) is 18.1 Å². The molecule has 1 unspecified atom stereocenters. The van der Waals surface area contributed by atoms with Crippen molar-refractivity contribution in [2.45, 2.75) is 25.8 Å². The topological polar surface area (TPSA) is 92.8 Å². The predicted molar refractivity (Wildman–Crippen MR) is 95.7 cm³/mol. The van der Waals surface area contributed by atoms with Crippen molar-refractivity contribution in [3.8, 4) is 5.75 Å². The molecule has 2 rings (SSSR count). The molecule has 0 saturated carbocycles. The second-order valence-electron chi connectivity index (χ2n) is 5.81. The van der Waals surface area contributed by atoms with Gasteiger partial charge in [0.1, 0.15) is 12.2 Å². The number of carbonyl (C=O) groups is 2. The summed E-state index contributed by atoms with van der Waals surface area (Å²) in [5.74, 6) is -0.345. The lowest BCUT2D eigenvalue weighted by Gasteiger charge is -2.26. The lowest BCUT2D eigenvalue weighted by atomic mass is 10.2. The summed E-state index contributed by atoms with van der Waals surface area (Å²) in [6.45, 7) is 2.13. The molecule has 0 bridgehead atoms. The quantitative estimate of drug-likeness (QED) is 0.749. The zero-order valence-electron chi connectivity index (χ0n) is 14.1. The Balaban J connectivity index is 1.97. The van der Waals surface area contributed by atoms with Crippen LogP contribution in [0.3, 0.4) is 0 Å². The maximum Gasteiger partial charge on any atom is 0.233 e. The largest absolute Gasteiger partial charge is 0.495 e. The second-order valence-corrected chi connectivity index (χ2v) is 8.45. The van der Waals surface area contributed by atoms with Crippen molar-refractivity contribution in [2.75, 3.05) is 30.5 Å². The van der Waals surface area contributed by atoms with Crippen LogP contribution in [0, 0.1) is 0 Å². The molecule has 9 heteroatoms. The van der Waals surface area contributed by atoms with Crippen LogP contribution >= 0.6 is 11.6 Å². The third-order valence-corrected chi connectivity index (χ3v) is 6.10. The number of anilines is 1. The van der Waals surface area contributed by atoms with Gasteiger partial charge < -0.3 is 15.0 Å². The van der Waals surface area contributed by atoms with Crippen LogP contribution in [-0.4, -0.2) is 56.3 Å². The fourth-order valence-electron chi connectivity index (χ4n) is 2.85. The molecular weight excluding hydrogens is 368 g/mol. The van der Waals surface area contributed by atoms with Gasteiger partial charge in [-0.2, -0.15) is 0 Å². The van der Waals surface area contributed by atoms with Gasteiger partial charge in [-0.1, -0.05) is 11.6 Å². The minimum absolute atomic E-state index is 0.0394. The molecule has 1 aromatic carbocycles. The SMILES string of the molecule is CCN(C(=O)CC(=O)Nc1ccc(OC)c(Cl)c1)C1CCS(=O)(=O)C1. The monoisotopic (exact) mass is 388 g/mol. The fourth-order valence-corrected chi connectivity index (χ4v) is 4.84. The van der Waals surface area contributed by atoms with E-state index in [1.54, 1.807) is 19.1 Å². The molecule has 0 aromatic heterocycles. The fraction of sp³-hybridized carbons (Fsp3) is 0.500. The number of hydrogen-bond donors (Lipinski definition) is 1. The smallest absolute Gasteiger partial charge is 0.233 e. The molecule has 138 valence electrons. The van der Waals surface area contributed by atoms with E-state index in [0.717, 1.165) is 0 Å².